The molecule has 2 aromatic carbocycles. The highest BCUT2D eigenvalue weighted by Crippen LogP contribution is 2.45. The summed E-state index contributed by atoms with van der Waals surface area (Å²) in [6.45, 7) is 5.90. The smallest absolute Gasteiger partial charge is 0.316 e. The number of anilines is 1. The van der Waals surface area contributed by atoms with Crippen LogP contribution in [0.2, 0.25) is 5.02 Å². The van der Waals surface area contributed by atoms with Gasteiger partial charge in [0.15, 0.2) is 0 Å². The van der Waals surface area contributed by atoms with Crippen molar-refractivity contribution in [1.29, 1.82) is 0 Å². The average Bonchev–Trinajstić information content (AvgIpc) is 3.73. The number of aryl methyl sites for hydroxylation is 1. The topological polar surface area (TPSA) is 97.6 Å². The number of benzene rings is 2. The highest BCUT2D eigenvalue weighted by molar-refractivity contribution is 7.88. The third-order valence-corrected chi connectivity index (χ3v) is 10.2. The van der Waals surface area contributed by atoms with Crippen LogP contribution in [0.3, 0.4) is 0 Å². The van der Waals surface area contributed by atoms with E-state index in [1.807, 2.05) is 48.2 Å². The molecule has 3 heterocycles. The third kappa shape index (κ3) is 6.61. The first kappa shape index (κ1) is 29.3. The van der Waals surface area contributed by atoms with Crippen molar-refractivity contribution in [3.05, 3.63) is 99.7 Å². The maximum absolute atomic E-state index is 13.7. The zero-order valence-electron chi connectivity index (χ0n) is 24.2. The van der Waals surface area contributed by atoms with Crippen LogP contribution < -0.4 is 15.2 Å². The quantitative estimate of drug-likeness (QED) is 0.257. The fourth-order valence-electron chi connectivity index (χ4n) is 5.17. The summed E-state index contributed by atoms with van der Waals surface area (Å²) in [6.07, 6.45) is 5.53. The van der Waals surface area contributed by atoms with Gasteiger partial charge in [-0.3, -0.25) is 9.78 Å². The molecule has 1 saturated heterocycles. The van der Waals surface area contributed by atoms with E-state index in [-0.39, 0.29) is 22.5 Å². The van der Waals surface area contributed by atoms with E-state index < -0.39 is 10.0 Å². The van der Waals surface area contributed by atoms with Crippen LogP contribution in [0.25, 0.3) is 16.8 Å². The summed E-state index contributed by atoms with van der Waals surface area (Å²) >= 11 is 6.17. The molecule has 6 rings (SSSR count). The molecular formula is C32H34ClN5O4S. The zero-order chi connectivity index (χ0) is 30.2. The molecule has 0 unspecified atom stereocenters. The van der Waals surface area contributed by atoms with E-state index in [4.69, 9.17) is 16.3 Å². The van der Waals surface area contributed by atoms with Crippen LogP contribution in [0, 0.1) is 12.3 Å². The molecule has 0 atom stereocenters. The van der Waals surface area contributed by atoms with Crippen molar-refractivity contribution in [3.8, 4) is 22.6 Å². The first-order valence-electron chi connectivity index (χ1n) is 14.4. The molecule has 2 aliphatic rings. The Hall–Kier alpha value is -3.73. The zero-order valence-corrected chi connectivity index (χ0v) is 25.8. The molecule has 0 bridgehead atoms. The van der Waals surface area contributed by atoms with Crippen molar-refractivity contribution in [2.75, 3.05) is 37.7 Å². The number of hydrogen-bond donors (Lipinski definition) is 0. The lowest BCUT2D eigenvalue weighted by molar-refractivity contribution is 0.242. The lowest BCUT2D eigenvalue weighted by Gasteiger charge is -2.35. The summed E-state index contributed by atoms with van der Waals surface area (Å²) in [5.74, 6) is 0.131. The van der Waals surface area contributed by atoms with E-state index in [0.29, 0.717) is 49.2 Å². The first-order chi connectivity index (χ1) is 20.6. The minimum Gasteiger partial charge on any atom is -0.486 e. The Morgan fingerprint density at radius 1 is 0.953 bits per heavy atom. The van der Waals surface area contributed by atoms with Crippen molar-refractivity contribution in [2.45, 2.75) is 32.4 Å². The minimum absolute atomic E-state index is 0.0634. The molecule has 1 aliphatic carbocycles. The van der Waals surface area contributed by atoms with Crippen LogP contribution >= 0.6 is 11.6 Å². The highest BCUT2D eigenvalue weighted by atomic mass is 35.5. The van der Waals surface area contributed by atoms with E-state index >= 15 is 0 Å². The van der Waals surface area contributed by atoms with Crippen LogP contribution in [0.4, 0.5) is 5.69 Å². The third-order valence-electron chi connectivity index (χ3n) is 8.13. The normalized spacial score (nSPS) is 16.7. The summed E-state index contributed by atoms with van der Waals surface area (Å²) < 4.78 is 35.9. The standard InChI is InChI=1S/C32H34ClN5O4S/c1-23-9-10-26(19-34-23)25-6-3-5-24(17-25)21-43(40,41)37-15-13-36(14-16-37)29-20-35-38(28-8-4-7-27(33)18-28)31(39)30(29)42-22-32(2)11-12-32/h3-10,17-20H,11-16,21-22H2,1-2H3. The highest BCUT2D eigenvalue weighted by Gasteiger charge is 2.39. The van der Waals surface area contributed by atoms with Gasteiger partial charge < -0.3 is 9.64 Å². The van der Waals surface area contributed by atoms with Gasteiger partial charge in [-0.2, -0.15) is 14.1 Å². The summed E-state index contributed by atoms with van der Waals surface area (Å²) in [5.41, 5.74) is 4.33. The van der Waals surface area contributed by atoms with Crippen LogP contribution in [0.5, 0.6) is 5.75 Å². The SMILES string of the molecule is Cc1ccc(-c2cccc(CS(=O)(=O)N3CCN(c4cnn(-c5cccc(Cl)c5)c(=O)c4OCC4(C)CC4)CC3)c2)cn1. The minimum atomic E-state index is -3.57. The molecule has 224 valence electrons. The first-order valence-corrected chi connectivity index (χ1v) is 16.3. The van der Waals surface area contributed by atoms with Gasteiger partial charge in [0.25, 0.3) is 0 Å². The van der Waals surface area contributed by atoms with Gasteiger partial charge in [-0.25, -0.2) is 8.42 Å². The number of rotatable bonds is 9. The van der Waals surface area contributed by atoms with Gasteiger partial charge in [-0.05, 0) is 55.2 Å². The number of hydrogen-bond acceptors (Lipinski definition) is 7. The second-order valence-corrected chi connectivity index (χ2v) is 14.1. The average molecular weight is 620 g/mol. The Bertz CT molecular complexity index is 1800. The lowest BCUT2D eigenvalue weighted by Crippen LogP contribution is -2.49. The Kier molecular flexibility index (Phi) is 8.02. The summed E-state index contributed by atoms with van der Waals surface area (Å²) in [6, 6.07) is 18.5. The van der Waals surface area contributed by atoms with Crippen LogP contribution in [-0.2, 0) is 15.8 Å². The van der Waals surface area contributed by atoms with Crippen molar-refractivity contribution in [1.82, 2.24) is 19.1 Å². The molecule has 11 heteroatoms. The van der Waals surface area contributed by atoms with E-state index in [1.54, 1.807) is 36.7 Å². The summed E-state index contributed by atoms with van der Waals surface area (Å²) in [4.78, 5) is 20.0. The van der Waals surface area contributed by atoms with Crippen LogP contribution in [0.1, 0.15) is 31.0 Å². The molecule has 4 aromatic rings. The number of halogens is 1. The maximum atomic E-state index is 13.7. The van der Waals surface area contributed by atoms with Gasteiger partial charge in [-0.15, -0.1) is 0 Å². The fraction of sp³-hybridized carbons (Fsp3) is 0.344. The molecule has 0 spiro atoms. The van der Waals surface area contributed by atoms with Crippen LogP contribution in [-0.4, -0.2) is 60.3 Å². The van der Waals surface area contributed by atoms with Gasteiger partial charge in [-0.1, -0.05) is 54.9 Å². The Labute approximate surface area is 256 Å². The van der Waals surface area contributed by atoms with Crippen molar-refractivity contribution in [3.63, 3.8) is 0 Å². The Balaban J connectivity index is 1.19. The monoisotopic (exact) mass is 619 g/mol. The van der Waals surface area contributed by atoms with Gasteiger partial charge in [0.05, 0.1) is 24.2 Å². The number of nitrogens with zero attached hydrogens (tertiary/aromatic N) is 5. The predicted octanol–water partition coefficient (Wildman–Crippen LogP) is 5.09. The van der Waals surface area contributed by atoms with Crippen LogP contribution in [0.15, 0.2) is 77.9 Å². The number of sulfonamides is 1. The molecule has 0 amide bonds. The Morgan fingerprint density at radius 2 is 1.72 bits per heavy atom. The number of ether oxygens (including phenoxy) is 1. The lowest BCUT2D eigenvalue weighted by atomic mass is 10.1. The molecule has 1 aliphatic heterocycles. The van der Waals surface area contributed by atoms with Gasteiger partial charge in [0.2, 0.25) is 15.8 Å². The molecule has 43 heavy (non-hydrogen) atoms. The molecule has 0 radical (unpaired) electrons. The van der Waals surface area contributed by atoms with Gasteiger partial charge in [0, 0.05) is 54.1 Å². The summed E-state index contributed by atoms with van der Waals surface area (Å²) in [7, 11) is -3.57. The molecule has 9 nitrogen and oxygen atoms in total. The van der Waals surface area contributed by atoms with Crippen molar-refractivity contribution in [2.24, 2.45) is 5.41 Å². The maximum Gasteiger partial charge on any atom is 0.316 e. The molecule has 2 fully saturated rings. The number of piperazine rings is 1. The van der Waals surface area contributed by atoms with E-state index in [1.165, 1.54) is 8.99 Å². The van der Waals surface area contributed by atoms with Gasteiger partial charge >= 0.3 is 5.56 Å². The second-order valence-electron chi connectivity index (χ2n) is 11.7. The molecule has 2 aromatic heterocycles. The Morgan fingerprint density at radius 3 is 2.42 bits per heavy atom. The molecule has 1 saturated carbocycles. The number of aromatic nitrogens is 3. The largest absolute Gasteiger partial charge is 0.486 e. The molecular weight excluding hydrogens is 586 g/mol. The van der Waals surface area contributed by atoms with E-state index in [9.17, 15) is 13.2 Å². The summed E-state index contributed by atoms with van der Waals surface area (Å²) in [5, 5.41) is 4.93. The van der Waals surface area contributed by atoms with E-state index in [2.05, 4.69) is 17.0 Å². The van der Waals surface area contributed by atoms with Crippen molar-refractivity contribution < 1.29 is 13.2 Å². The molecule has 0 N–H and O–H groups in total. The number of pyridine rings is 1. The van der Waals surface area contributed by atoms with E-state index in [0.717, 1.165) is 35.2 Å². The fourth-order valence-corrected chi connectivity index (χ4v) is 6.86. The second kappa shape index (κ2) is 11.7. The van der Waals surface area contributed by atoms with Gasteiger partial charge in [0.1, 0.15) is 5.69 Å². The van der Waals surface area contributed by atoms with Crippen molar-refractivity contribution >= 4 is 27.3 Å². The predicted molar refractivity (Wildman–Crippen MR) is 168 cm³/mol.